The lowest BCUT2D eigenvalue weighted by Gasteiger charge is -2.41. The molecule has 1 aliphatic carbocycles. The molecule has 4 rings (SSSR count). The summed E-state index contributed by atoms with van der Waals surface area (Å²) in [5.41, 5.74) is 0.899. The maximum atomic E-state index is 12.5. The number of hydrogen-bond donors (Lipinski definition) is 0. The molecule has 2 fully saturated rings. The summed E-state index contributed by atoms with van der Waals surface area (Å²) in [7, 11) is 0. The van der Waals surface area contributed by atoms with Crippen LogP contribution in [0.15, 0.2) is 35.4 Å². The molecule has 1 saturated heterocycles. The molecule has 2 aliphatic rings. The fraction of sp³-hybridized carbons (Fsp3) is 0.556. The lowest BCUT2D eigenvalue weighted by molar-refractivity contribution is 0.0804. The highest BCUT2D eigenvalue weighted by Crippen LogP contribution is 2.29. The van der Waals surface area contributed by atoms with Crippen LogP contribution < -0.4 is 5.56 Å². The summed E-state index contributed by atoms with van der Waals surface area (Å²) in [6.07, 6.45) is 8.31. The third-order valence-corrected chi connectivity index (χ3v) is 5.43. The van der Waals surface area contributed by atoms with Gasteiger partial charge >= 0.3 is 0 Å². The monoisotopic (exact) mass is 297 g/mol. The van der Waals surface area contributed by atoms with Crippen molar-refractivity contribution in [2.24, 2.45) is 5.92 Å². The van der Waals surface area contributed by atoms with Crippen LogP contribution in [0, 0.1) is 5.92 Å². The molecule has 22 heavy (non-hydrogen) atoms. The van der Waals surface area contributed by atoms with Crippen molar-refractivity contribution < 1.29 is 0 Å². The molecule has 0 spiro atoms. The van der Waals surface area contributed by atoms with Crippen molar-refractivity contribution >= 4 is 10.9 Å². The van der Waals surface area contributed by atoms with E-state index in [4.69, 9.17) is 0 Å². The second kappa shape index (κ2) is 5.84. The third-order valence-electron chi connectivity index (χ3n) is 5.43. The molecule has 2 aromatic rings. The maximum absolute atomic E-state index is 12.5. The second-order valence-electron chi connectivity index (χ2n) is 6.78. The Morgan fingerprint density at radius 1 is 1.09 bits per heavy atom. The number of hydrogen-bond acceptors (Lipinski definition) is 3. The first kappa shape index (κ1) is 13.9. The molecule has 1 aliphatic heterocycles. The van der Waals surface area contributed by atoms with Crippen LogP contribution in [0.1, 0.15) is 32.1 Å². The standard InChI is InChI=1S/C18H23N3O/c22-18-16-6-1-2-7-17(16)19-13-21(18)12-14-8-10-20(11-9-14)15-4-3-5-15/h1-2,6-7,13-15H,3-5,8-12H2. The molecule has 1 saturated carbocycles. The first-order valence-electron chi connectivity index (χ1n) is 8.49. The van der Waals surface area contributed by atoms with Gasteiger partial charge in [-0.15, -0.1) is 0 Å². The van der Waals surface area contributed by atoms with Crippen molar-refractivity contribution in [2.75, 3.05) is 13.1 Å². The number of para-hydroxylation sites is 1. The Morgan fingerprint density at radius 3 is 2.59 bits per heavy atom. The van der Waals surface area contributed by atoms with Crippen LogP contribution in [-0.4, -0.2) is 33.6 Å². The number of aromatic nitrogens is 2. The summed E-state index contributed by atoms with van der Waals surface area (Å²) < 4.78 is 1.81. The Kier molecular flexibility index (Phi) is 3.70. The van der Waals surface area contributed by atoms with E-state index in [-0.39, 0.29) is 5.56 Å². The van der Waals surface area contributed by atoms with E-state index in [0.29, 0.717) is 5.92 Å². The highest BCUT2D eigenvalue weighted by molar-refractivity contribution is 5.76. The van der Waals surface area contributed by atoms with E-state index in [1.54, 1.807) is 6.33 Å². The fourth-order valence-electron chi connectivity index (χ4n) is 3.77. The van der Waals surface area contributed by atoms with E-state index in [1.807, 2.05) is 28.8 Å². The molecular weight excluding hydrogens is 274 g/mol. The molecular formula is C18H23N3O. The Balaban J connectivity index is 1.45. The normalized spacial score (nSPS) is 21.1. The van der Waals surface area contributed by atoms with Gasteiger partial charge in [0.05, 0.1) is 17.2 Å². The van der Waals surface area contributed by atoms with Gasteiger partial charge in [0, 0.05) is 12.6 Å². The molecule has 2 heterocycles. The van der Waals surface area contributed by atoms with Crippen LogP contribution in [0.2, 0.25) is 0 Å². The first-order valence-corrected chi connectivity index (χ1v) is 8.49. The van der Waals surface area contributed by atoms with Crippen LogP contribution in [0.3, 0.4) is 0 Å². The minimum Gasteiger partial charge on any atom is -0.300 e. The molecule has 0 amide bonds. The quantitative estimate of drug-likeness (QED) is 0.874. The van der Waals surface area contributed by atoms with Gasteiger partial charge in [-0.05, 0) is 56.8 Å². The van der Waals surface area contributed by atoms with Gasteiger partial charge in [-0.2, -0.15) is 0 Å². The van der Waals surface area contributed by atoms with Gasteiger partial charge in [0.15, 0.2) is 0 Å². The van der Waals surface area contributed by atoms with Gasteiger partial charge in [-0.25, -0.2) is 4.98 Å². The molecule has 1 aromatic carbocycles. The third kappa shape index (κ3) is 2.56. The van der Waals surface area contributed by atoms with Gasteiger partial charge in [0.1, 0.15) is 0 Å². The van der Waals surface area contributed by atoms with Crippen LogP contribution in [0.5, 0.6) is 0 Å². The number of likely N-dealkylation sites (tertiary alicyclic amines) is 1. The average molecular weight is 297 g/mol. The van der Waals surface area contributed by atoms with Crippen molar-refractivity contribution in [2.45, 2.75) is 44.7 Å². The van der Waals surface area contributed by atoms with Crippen LogP contribution >= 0.6 is 0 Å². The number of benzene rings is 1. The zero-order valence-corrected chi connectivity index (χ0v) is 12.9. The maximum Gasteiger partial charge on any atom is 0.261 e. The van der Waals surface area contributed by atoms with E-state index in [9.17, 15) is 4.79 Å². The summed E-state index contributed by atoms with van der Waals surface area (Å²) in [5.74, 6) is 0.608. The van der Waals surface area contributed by atoms with Crippen LogP contribution in [0.4, 0.5) is 0 Å². The van der Waals surface area contributed by atoms with Crippen molar-refractivity contribution in [3.05, 3.63) is 40.9 Å². The Labute approximate surface area is 130 Å². The topological polar surface area (TPSA) is 38.1 Å². The molecule has 4 heteroatoms. The van der Waals surface area contributed by atoms with Gasteiger partial charge in [0.2, 0.25) is 0 Å². The molecule has 0 unspecified atom stereocenters. The van der Waals surface area contributed by atoms with Crippen molar-refractivity contribution in [3.8, 4) is 0 Å². The van der Waals surface area contributed by atoms with Crippen LogP contribution in [-0.2, 0) is 6.54 Å². The predicted molar refractivity (Wildman–Crippen MR) is 87.9 cm³/mol. The molecule has 0 N–H and O–H groups in total. The van der Waals surface area contributed by atoms with E-state index in [2.05, 4.69) is 9.88 Å². The smallest absolute Gasteiger partial charge is 0.261 e. The van der Waals surface area contributed by atoms with E-state index in [0.717, 1.165) is 23.5 Å². The summed E-state index contributed by atoms with van der Waals surface area (Å²) in [6.45, 7) is 3.21. The molecule has 0 bridgehead atoms. The van der Waals surface area contributed by atoms with Crippen molar-refractivity contribution in [1.82, 2.24) is 14.5 Å². The van der Waals surface area contributed by atoms with Gasteiger partial charge in [0.25, 0.3) is 5.56 Å². The summed E-state index contributed by atoms with van der Waals surface area (Å²) >= 11 is 0. The number of fused-ring (bicyclic) bond motifs is 1. The number of piperidine rings is 1. The molecule has 1 aromatic heterocycles. The minimum atomic E-state index is 0.104. The van der Waals surface area contributed by atoms with E-state index in [1.165, 1.54) is 45.2 Å². The summed E-state index contributed by atoms with van der Waals surface area (Å²) in [6, 6.07) is 8.46. The predicted octanol–water partition coefficient (Wildman–Crippen LogP) is 2.66. The largest absolute Gasteiger partial charge is 0.300 e. The molecule has 4 nitrogen and oxygen atoms in total. The number of nitrogens with zero attached hydrogens (tertiary/aromatic N) is 3. The number of rotatable bonds is 3. The van der Waals surface area contributed by atoms with Crippen molar-refractivity contribution in [1.29, 1.82) is 0 Å². The van der Waals surface area contributed by atoms with E-state index < -0.39 is 0 Å². The Morgan fingerprint density at radius 2 is 1.86 bits per heavy atom. The average Bonchev–Trinajstić information content (AvgIpc) is 2.50. The van der Waals surface area contributed by atoms with Crippen molar-refractivity contribution in [3.63, 3.8) is 0 Å². The zero-order chi connectivity index (χ0) is 14.9. The van der Waals surface area contributed by atoms with Crippen LogP contribution in [0.25, 0.3) is 10.9 Å². The highest BCUT2D eigenvalue weighted by atomic mass is 16.1. The molecule has 116 valence electrons. The summed E-state index contributed by atoms with van der Waals surface area (Å²) in [4.78, 5) is 19.6. The first-order chi connectivity index (χ1) is 10.8. The SMILES string of the molecule is O=c1c2ccccc2ncn1CC1CCN(C2CCC2)CC1. The summed E-state index contributed by atoms with van der Waals surface area (Å²) in [5, 5.41) is 0.733. The molecule has 0 radical (unpaired) electrons. The Hall–Kier alpha value is -1.68. The van der Waals surface area contributed by atoms with E-state index >= 15 is 0 Å². The fourth-order valence-corrected chi connectivity index (χ4v) is 3.77. The second-order valence-corrected chi connectivity index (χ2v) is 6.78. The highest BCUT2D eigenvalue weighted by Gasteiger charge is 2.28. The minimum absolute atomic E-state index is 0.104. The molecule has 0 atom stereocenters. The van der Waals surface area contributed by atoms with Gasteiger partial charge in [-0.3, -0.25) is 9.36 Å². The van der Waals surface area contributed by atoms with Gasteiger partial charge in [-0.1, -0.05) is 18.6 Å². The zero-order valence-electron chi connectivity index (χ0n) is 12.9. The lowest BCUT2D eigenvalue weighted by atomic mass is 9.88. The Bertz CT molecular complexity index is 712. The van der Waals surface area contributed by atoms with Gasteiger partial charge < -0.3 is 4.90 Å². The lowest BCUT2D eigenvalue weighted by Crippen LogP contribution is -2.45.